The van der Waals surface area contributed by atoms with Gasteiger partial charge in [-0.3, -0.25) is 5.01 Å². The molecular formula is C27H30N7O2+. The van der Waals surface area contributed by atoms with E-state index in [2.05, 4.69) is 42.6 Å². The summed E-state index contributed by atoms with van der Waals surface area (Å²) in [5.41, 5.74) is 3.72. The number of methoxy groups -OCH3 is 1. The Labute approximate surface area is 210 Å². The van der Waals surface area contributed by atoms with Gasteiger partial charge in [0.25, 0.3) is 0 Å². The Morgan fingerprint density at radius 3 is 2.86 bits per heavy atom. The lowest BCUT2D eigenvalue weighted by atomic mass is 10.1. The average Bonchev–Trinajstić information content (AvgIpc) is 2.91. The first-order chi connectivity index (χ1) is 17.7. The van der Waals surface area contributed by atoms with Crippen molar-refractivity contribution in [1.29, 1.82) is 0 Å². The predicted molar refractivity (Wildman–Crippen MR) is 143 cm³/mol. The third kappa shape index (κ3) is 4.92. The van der Waals surface area contributed by atoms with E-state index < -0.39 is 0 Å². The first-order valence-corrected chi connectivity index (χ1v) is 12.0. The summed E-state index contributed by atoms with van der Waals surface area (Å²) in [6.07, 6.45) is 11.3. The fourth-order valence-corrected chi connectivity index (χ4v) is 4.31. The molecule has 1 aromatic heterocycles. The lowest BCUT2D eigenvalue weighted by Crippen LogP contribution is -2.33. The van der Waals surface area contributed by atoms with Crippen LogP contribution in [0.3, 0.4) is 0 Å². The van der Waals surface area contributed by atoms with Crippen molar-refractivity contribution in [3.8, 4) is 11.5 Å². The maximum Gasteiger partial charge on any atom is 0.248 e. The van der Waals surface area contributed by atoms with Crippen molar-refractivity contribution < 1.29 is 14.0 Å². The van der Waals surface area contributed by atoms with Crippen LogP contribution in [0.15, 0.2) is 65.9 Å². The molecule has 0 aliphatic carbocycles. The van der Waals surface area contributed by atoms with Gasteiger partial charge in [0.05, 0.1) is 37.6 Å². The molecule has 9 heteroatoms. The second-order valence-corrected chi connectivity index (χ2v) is 8.44. The molecule has 3 heterocycles. The summed E-state index contributed by atoms with van der Waals surface area (Å²) >= 11 is 0. The Morgan fingerprint density at radius 2 is 2.14 bits per heavy atom. The molecule has 2 aliphatic heterocycles. The van der Waals surface area contributed by atoms with E-state index in [9.17, 15) is 0 Å². The van der Waals surface area contributed by atoms with Crippen molar-refractivity contribution in [2.45, 2.75) is 13.8 Å². The SMILES string of the molecule is C/C=N\N1C=CC(Oc2ccc(Nc3ncnc4ccc([N+]5=CCNCC5)c(OC)c34)cc2C)=CC1. The molecule has 0 atom stereocenters. The molecule has 5 rings (SSSR count). The molecule has 0 fully saturated rings. The normalized spacial score (nSPS) is 15.7. The van der Waals surface area contributed by atoms with E-state index in [1.54, 1.807) is 19.7 Å². The van der Waals surface area contributed by atoms with Crippen molar-refractivity contribution >= 4 is 40.5 Å². The number of aryl methyl sites for hydroxylation is 1. The maximum atomic E-state index is 6.12. The van der Waals surface area contributed by atoms with Crippen LogP contribution >= 0.6 is 0 Å². The van der Waals surface area contributed by atoms with Gasteiger partial charge >= 0.3 is 0 Å². The Hall–Kier alpha value is -4.24. The molecule has 9 nitrogen and oxygen atoms in total. The zero-order valence-electron chi connectivity index (χ0n) is 20.7. The smallest absolute Gasteiger partial charge is 0.248 e. The molecule has 0 unspecified atom stereocenters. The van der Waals surface area contributed by atoms with Gasteiger partial charge in [0.1, 0.15) is 23.7 Å². The van der Waals surface area contributed by atoms with Gasteiger partial charge in [-0.1, -0.05) is 0 Å². The van der Waals surface area contributed by atoms with Crippen LogP contribution in [0.5, 0.6) is 11.5 Å². The molecule has 2 N–H and O–H groups in total. The van der Waals surface area contributed by atoms with Gasteiger partial charge in [-0.15, -0.1) is 0 Å². The molecular weight excluding hydrogens is 454 g/mol. The first kappa shape index (κ1) is 23.5. The van der Waals surface area contributed by atoms with E-state index in [1.165, 1.54) is 0 Å². The molecule has 2 aromatic carbocycles. The van der Waals surface area contributed by atoms with E-state index in [4.69, 9.17) is 9.47 Å². The van der Waals surface area contributed by atoms with E-state index in [0.29, 0.717) is 12.4 Å². The molecule has 0 saturated heterocycles. The van der Waals surface area contributed by atoms with Crippen LogP contribution in [0.4, 0.5) is 17.2 Å². The molecule has 3 aromatic rings. The number of anilines is 2. The largest absolute Gasteiger partial charge is 0.490 e. The summed E-state index contributed by atoms with van der Waals surface area (Å²) < 4.78 is 14.2. The van der Waals surface area contributed by atoms with Crippen molar-refractivity contribution in [3.63, 3.8) is 0 Å². The van der Waals surface area contributed by atoms with Crippen LogP contribution < -0.4 is 20.1 Å². The molecule has 184 valence electrons. The van der Waals surface area contributed by atoms with Gasteiger partial charge in [-0.25, -0.2) is 9.97 Å². The number of nitrogens with zero attached hydrogens (tertiary/aromatic N) is 5. The van der Waals surface area contributed by atoms with E-state index in [-0.39, 0.29) is 0 Å². The third-order valence-electron chi connectivity index (χ3n) is 6.05. The number of benzene rings is 2. The standard InChI is InChI=1S/C27H30N7O2/c1-4-31-34-13-9-21(10-14-34)36-24-8-5-20(17-19(24)2)32-27-25-22(29-18-30-27)6-7-23(26(25)35-3)33-15-11-28-12-16-33/h4-10,13,15,17-18,28H,11-12,14,16H2,1-3H3,(H,29,30,32)/q+1/b31-4-. The summed E-state index contributed by atoms with van der Waals surface area (Å²) in [5.74, 6) is 3.04. The highest BCUT2D eigenvalue weighted by Gasteiger charge is 2.23. The summed E-state index contributed by atoms with van der Waals surface area (Å²) in [6.45, 7) is 7.20. The molecule has 2 aliphatic rings. The second-order valence-electron chi connectivity index (χ2n) is 8.44. The quantitative estimate of drug-likeness (QED) is 0.386. The number of fused-ring (bicyclic) bond motifs is 1. The minimum absolute atomic E-state index is 0.672. The van der Waals surface area contributed by atoms with Crippen molar-refractivity contribution in [3.05, 3.63) is 66.3 Å². The number of hydrogen-bond acceptors (Lipinski definition) is 8. The zero-order chi connectivity index (χ0) is 24.9. The van der Waals surface area contributed by atoms with Gasteiger partial charge < -0.3 is 20.1 Å². The van der Waals surface area contributed by atoms with Crippen LogP contribution in [0.1, 0.15) is 12.5 Å². The number of ether oxygens (including phenoxy) is 2. The summed E-state index contributed by atoms with van der Waals surface area (Å²) in [5, 5.41) is 13.7. The van der Waals surface area contributed by atoms with Crippen LogP contribution in [0.2, 0.25) is 0 Å². The lowest BCUT2D eigenvalue weighted by molar-refractivity contribution is -0.438. The van der Waals surface area contributed by atoms with Crippen LogP contribution in [-0.4, -0.2) is 65.3 Å². The molecule has 0 amide bonds. The maximum absolute atomic E-state index is 6.12. The Kier molecular flexibility index (Phi) is 6.90. The number of hydrogen-bond donors (Lipinski definition) is 2. The van der Waals surface area contributed by atoms with Crippen molar-refractivity contribution in [2.24, 2.45) is 5.10 Å². The topological polar surface area (TPSA) is 86.9 Å². The van der Waals surface area contributed by atoms with Crippen LogP contribution in [-0.2, 0) is 0 Å². The van der Waals surface area contributed by atoms with E-state index in [0.717, 1.165) is 64.7 Å². The number of aromatic nitrogens is 2. The minimum Gasteiger partial charge on any atom is -0.490 e. The van der Waals surface area contributed by atoms with Gasteiger partial charge in [0, 0.05) is 24.2 Å². The number of rotatable bonds is 7. The summed E-state index contributed by atoms with van der Waals surface area (Å²) in [6, 6.07) is 10.1. The summed E-state index contributed by atoms with van der Waals surface area (Å²) in [4.78, 5) is 9.03. The lowest BCUT2D eigenvalue weighted by Gasteiger charge is -2.18. The molecule has 36 heavy (non-hydrogen) atoms. The Bertz CT molecular complexity index is 1390. The van der Waals surface area contributed by atoms with E-state index in [1.807, 2.05) is 61.5 Å². The molecule has 0 spiro atoms. The highest BCUT2D eigenvalue weighted by atomic mass is 16.5. The third-order valence-corrected chi connectivity index (χ3v) is 6.05. The van der Waals surface area contributed by atoms with Crippen molar-refractivity contribution in [1.82, 2.24) is 20.3 Å². The number of hydrazone groups is 1. The minimum atomic E-state index is 0.672. The molecule has 0 radical (unpaired) electrons. The predicted octanol–water partition coefficient (Wildman–Crippen LogP) is 4.11. The van der Waals surface area contributed by atoms with Crippen molar-refractivity contribution in [2.75, 3.05) is 38.6 Å². The highest BCUT2D eigenvalue weighted by Crippen LogP contribution is 2.39. The molecule has 0 bridgehead atoms. The van der Waals surface area contributed by atoms with Crippen LogP contribution in [0.25, 0.3) is 10.9 Å². The Morgan fingerprint density at radius 1 is 1.22 bits per heavy atom. The fourth-order valence-electron chi connectivity index (χ4n) is 4.31. The zero-order valence-corrected chi connectivity index (χ0v) is 20.7. The highest BCUT2D eigenvalue weighted by molar-refractivity contribution is 5.98. The monoisotopic (exact) mass is 484 g/mol. The second kappa shape index (κ2) is 10.6. The number of nitrogens with one attached hydrogen (secondary N) is 2. The van der Waals surface area contributed by atoms with Crippen LogP contribution in [0, 0.1) is 6.92 Å². The first-order valence-electron chi connectivity index (χ1n) is 12.0. The summed E-state index contributed by atoms with van der Waals surface area (Å²) in [7, 11) is 1.69. The average molecular weight is 485 g/mol. The Balaban J connectivity index is 1.41. The van der Waals surface area contributed by atoms with Gasteiger partial charge in [0.15, 0.2) is 12.8 Å². The number of allylic oxidation sites excluding steroid dienone is 1. The fraction of sp³-hybridized carbons (Fsp3) is 0.259. The van der Waals surface area contributed by atoms with Gasteiger partial charge in [-0.2, -0.15) is 9.68 Å². The molecule has 0 saturated carbocycles. The van der Waals surface area contributed by atoms with Gasteiger partial charge in [0.2, 0.25) is 11.4 Å². The van der Waals surface area contributed by atoms with Gasteiger partial charge in [-0.05, 0) is 55.8 Å². The van der Waals surface area contributed by atoms with E-state index >= 15 is 0 Å².